The number of hydrogen-bond donors (Lipinski definition) is 2. The Morgan fingerprint density at radius 2 is 1.69 bits per heavy atom. The Morgan fingerprint density at radius 1 is 1.00 bits per heavy atom. The van der Waals surface area contributed by atoms with Crippen LogP contribution in [0.4, 0.5) is 9.59 Å². The van der Waals surface area contributed by atoms with Crippen LogP contribution in [0.15, 0.2) is 30.3 Å². The molecule has 0 aliphatic rings. The van der Waals surface area contributed by atoms with Crippen LogP contribution < -0.4 is 10.6 Å². The van der Waals surface area contributed by atoms with Crippen molar-refractivity contribution in [3.63, 3.8) is 0 Å². The Balaban J connectivity index is 2.31. The quantitative estimate of drug-likeness (QED) is 0.349. The van der Waals surface area contributed by atoms with Gasteiger partial charge in [0.25, 0.3) is 0 Å². The molecule has 0 bridgehead atoms. The molecule has 2 amide bonds. The molecule has 2 N–H and O–H groups in total. The van der Waals surface area contributed by atoms with Crippen LogP contribution in [-0.2, 0) is 25.6 Å². The average molecular weight is 408 g/mol. The average Bonchev–Trinajstić information content (AvgIpc) is 2.64. The SMILES string of the molecule is CCOC(=O)[C@H](CCCCNC(=O)OCc1ccccc1)NC(=O)OC(C)(C)C. The summed E-state index contributed by atoms with van der Waals surface area (Å²) in [5.74, 6) is -0.506. The van der Waals surface area contributed by atoms with Gasteiger partial charge in [-0.3, -0.25) is 0 Å². The fraction of sp³-hybridized carbons (Fsp3) is 0.571. The van der Waals surface area contributed by atoms with Gasteiger partial charge >= 0.3 is 18.2 Å². The number of esters is 1. The van der Waals surface area contributed by atoms with E-state index < -0.39 is 29.8 Å². The molecule has 0 heterocycles. The largest absolute Gasteiger partial charge is 0.464 e. The highest BCUT2D eigenvalue weighted by molar-refractivity contribution is 5.81. The standard InChI is InChI=1S/C21H32N2O6/c1-5-27-18(24)17(23-20(26)29-21(2,3)4)13-9-10-14-22-19(25)28-15-16-11-7-6-8-12-16/h6-8,11-12,17H,5,9-10,13-15H2,1-4H3,(H,22,25)(H,23,26)/t17-/m0/s1. The number of carbonyl (C=O) groups excluding carboxylic acids is 3. The maximum Gasteiger partial charge on any atom is 0.408 e. The van der Waals surface area contributed by atoms with E-state index in [1.807, 2.05) is 30.3 Å². The normalized spacial score (nSPS) is 11.9. The van der Waals surface area contributed by atoms with Crippen molar-refractivity contribution in [3.8, 4) is 0 Å². The van der Waals surface area contributed by atoms with E-state index in [9.17, 15) is 14.4 Å². The minimum atomic E-state index is -0.796. The van der Waals surface area contributed by atoms with Crippen molar-refractivity contribution in [2.45, 2.75) is 65.2 Å². The molecule has 29 heavy (non-hydrogen) atoms. The topological polar surface area (TPSA) is 103 Å². The van der Waals surface area contributed by atoms with E-state index in [4.69, 9.17) is 14.2 Å². The Morgan fingerprint density at radius 3 is 2.31 bits per heavy atom. The second-order valence-electron chi connectivity index (χ2n) is 7.44. The first-order valence-corrected chi connectivity index (χ1v) is 9.82. The zero-order chi connectivity index (χ0) is 21.7. The van der Waals surface area contributed by atoms with Gasteiger partial charge in [0.2, 0.25) is 0 Å². The molecule has 0 unspecified atom stereocenters. The van der Waals surface area contributed by atoms with Crippen molar-refractivity contribution in [2.24, 2.45) is 0 Å². The summed E-state index contributed by atoms with van der Waals surface area (Å²) < 4.78 is 15.3. The van der Waals surface area contributed by atoms with E-state index in [0.29, 0.717) is 25.8 Å². The van der Waals surface area contributed by atoms with E-state index in [2.05, 4.69) is 10.6 Å². The first-order chi connectivity index (χ1) is 13.7. The van der Waals surface area contributed by atoms with Crippen LogP contribution in [0.3, 0.4) is 0 Å². The van der Waals surface area contributed by atoms with Gasteiger partial charge in [-0.25, -0.2) is 14.4 Å². The summed E-state index contributed by atoms with van der Waals surface area (Å²) in [7, 11) is 0. The van der Waals surface area contributed by atoms with Gasteiger partial charge < -0.3 is 24.8 Å². The van der Waals surface area contributed by atoms with Crippen LogP contribution in [0.5, 0.6) is 0 Å². The lowest BCUT2D eigenvalue weighted by Crippen LogP contribution is -2.44. The summed E-state index contributed by atoms with van der Waals surface area (Å²) in [6, 6.07) is 8.60. The van der Waals surface area contributed by atoms with Gasteiger partial charge in [-0.15, -0.1) is 0 Å². The van der Waals surface area contributed by atoms with E-state index in [1.54, 1.807) is 27.7 Å². The Kier molecular flexibility index (Phi) is 10.6. The molecule has 8 nitrogen and oxygen atoms in total. The maximum absolute atomic E-state index is 12.1. The van der Waals surface area contributed by atoms with Gasteiger partial charge in [-0.2, -0.15) is 0 Å². The number of carbonyl (C=O) groups is 3. The van der Waals surface area contributed by atoms with Crippen molar-refractivity contribution in [1.82, 2.24) is 10.6 Å². The first-order valence-electron chi connectivity index (χ1n) is 9.82. The molecule has 0 aromatic heterocycles. The van der Waals surface area contributed by atoms with Gasteiger partial charge in [0.1, 0.15) is 18.2 Å². The highest BCUT2D eigenvalue weighted by Crippen LogP contribution is 2.09. The van der Waals surface area contributed by atoms with Gasteiger partial charge in [0.15, 0.2) is 0 Å². The van der Waals surface area contributed by atoms with Crippen LogP contribution in [0.1, 0.15) is 52.5 Å². The Bertz CT molecular complexity index is 642. The van der Waals surface area contributed by atoms with Gasteiger partial charge in [0, 0.05) is 6.54 Å². The van der Waals surface area contributed by atoms with Crippen molar-refractivity contribution < 1.29 is 28.6 Å². The third-order valence-electron chi connectivity index (χ3n) is 3.66. The molecular formula is C21H32N2O6. The lowest BCUT2D eigenvalue weighted by molar-refractivity contribution is -0.145. The number of hydrogen-bond acceptors (Lipinski definition) is 6. The van der Waals surface area contributed by atoms with Crippen LogP contribution in [0.2, 0.25) is 0 Å². The molecule has 0 spiro atoms. The molecule has 1 atom stereocenters. The number of amides is 2. The number of alkyl carbamates (subject to hydrolysis) is 2. The molecule has 0 saturated heterocycles. The number of ether oxygens (including phenoxy) is 3. The van der Waals surface area contributed by atoms with Crippen LogP contribution in [0, 0.1) is 0 Å². The summed E-state index contributed by atoms with van der Waals surface area (Å²) in [4.78, 5) is 35.7. The molecule has 0 saturated carbocycles. The monoisotopic (exact) mass is 408 g/mol. The highest BCUT2D eigenvalue weighted by atomic mass is 16.6. The van der Waals surface area contributed by atoms with Gasteiger partial charge in [-0.05, 0) is 52.5 Å². The summed E-state index contributed by atoms with van der Waals surface area (Å²) in [6.07, 6.45) is 0.421. The number of nitrogens with one attached hydrogen (secondary N) is 2. The van der Waals surface area contributed by atoms with E-state index >= 15 is 0 Å². The molecule has 1 rings (SSSR count). The minimum absolute atomic E-state index is 0.206. The zero-order valence-electron chi connectivity index (χ0n) is 17.7. The molecule has 8 heteroatoms. The van der Waals surface area contributed by atoms with E-state index in [0.717, 1.165) is 5.56 Å². The van der Waals surface area contributed by atoms with Crippen LogP contribution >= 0.6 is 0 Å². The fourth-order valence-electron chi connectivity index (χ4n) is 2.38. The van der Waals surface area contributed by atoms with Gasteiger partial charge in [0.05, 0.1) is 6.61 Å². The van der Waals surface area contributed by atoms with Crippen molar-refractivity contribution >= 4 is 18.2 Å². The molecular weight excluding hydrogens is 376 g/mol. The van der Waals surface area contributed by atoms with Crippen LogP contribution in [-0.4, -0.2) is 43.0 Å². The number of unbranched alkanes of at least 4 members (excludes halogenated alkanes) is 1. The number of benzene rings is 1. The predicted octanol–water partition coefficient (Wildman–Crippen LogP) is 3.54. The third kappa shape index (κ3) is 11.6. The van der Waals surface area contributed by atoms with Crippen molar-refractivity contribution in [2.75, 3.05) is 13.2 Å². The Hall–Kier alpha value is -2.77. The smallest absolute Gasteiger partial charge is 0.408 e. The molecule has 162 valence electrons. The van der Waals surface area contributed by atoms with E-state index in [1.165, 1.54) is 0 Å². The van der Waals surface area contributed by atoms with E-state index in [-0.39, 0.29) is 13.2 Å². The van der Waals surface area contributed by atoms with Crippen molar-refractivity contribution in [3.05, 3.63) is 35.9 Å². The molecule has 0 aliphatic heterocycles. The molecule has 0 fully saturated rings. The lowest BCUT2D eigenvalue weighted by atomic mass is 10.1. The zero-order valence-corrected chi connectivity index (χ0v) is 17.7. The summed E-state index contributed by atoms with van der Waals surface area (Å²) in [5.41, 5.74) is 0.251. The Labute approximate surface area is 172 Å². The fourth-order valence-corrected chi connectivity index (χ4v) is 2.38. The summed E-state index contributed by atoms with van der Waals surface area (Å²) in [5, 5.41) is 5.21. The molecule has 1 aromatic carbocycles. The number of rotatable bonds is 10. The lowest BCUT2D eigenvalue weighted by Gasteiger charge is -2.22. The predicted molar refractivity (Wildman–Crippen MR) is 108 cm³/mol. The summed E-state index contributed by atoms with van der Waals surface area (Å²) >= 11 is 0. The third-order valence-corrected chi connectivity index (χ3v) is 3.66. The van der Waals surface area contributed by atoms with Crippen LogP contribution in [0.25, 0.3) is 0 Å². The summed E-state index contributed by atoms with van der Waals surface area (Å²) in [6.45, 7) is 7.76. The second kappa shape index (κ2) is 12.6. The minimum Gasteiger partial charge on any atom is -0.464 e. The second-order valence-corrected chi connectivity index (χ2v) is 7.44. The van der Waals surface area contributed by atoms with Gasteiger partial charge in [-0.1, -0.05) is 30.3 Å². The first kappa shape index (κ1) is 24.3. The molecule has 1 aromatic rings. The van der Waals surface area contributed by atoms with Crippen molar-refractivity contribution in [1.29, 1.82) is 0 Å². The molecule has 0 radical (unpaired) electrons. The molecule has 0 aliphatic carbocycles. The highest BCUT2D eigenvalue weighted by Gasteiger charge is 2.24. The maximum atomic E-state index is 12.1.